The minimum atomic E-state index is -0.819. The molecule has 0 heterocycles. The zero-order valence-corrected chi connectivity index (χ0v) is 9.29. The third-order valence-corrected chi connectivity index (χ3v) is 2.02. The van der Waals surface area contributed by atoms with E-state index in [1.807, 2.05) is 25.2 Å². The molecule has 0 fully saturated rings. The third-order valence-electron chi connectivity index (χ3n) is 2.02. The summed E-state index contributed by atoms with van der Waals surface area (Å²) in [7, 11) is 1.88. The van der Waals surface area contributed by atoms with Crippen LogP contribution in [0.4, 0.5) is 0 Å². The Hall–Kier alpha value is -1.79. The molecule has 0 aromatic heterocycles. The van der Waals surface area contributed by atoms with E-state index >= 15 is 0 Å². The van der Waals surface area contributed by atoms with Crippen molar-refractivity contribution in [3.05, 3.63) is 35.4 Å². The van der Waals surface area contributed by atoms with Crippen molar-refractivity contribution in [3.8, 4) is 11.8 Å². The second-order valence-corrected chi connectivity index (χ2v) is 3.43. The Bertz CT molecular complexity index is 415. The van der Waals surface area contributed by atoms with Crippen LogP contribution < -0.4 is 5.32 Å². The van der Waals surface area contributed by atoms with Crippen molar-refractivity contribution in [3.63, 3.8) is 0 Å². The SMILES string of the molecule is CNCCC#Cc1cccc(CC(=O)O)c1. The van der Waals surface area contributed by atoms with E-state index in [0.29, 0.717) is 0 Å². The second-order valence-electron chi connectivity index (χ2n) is 3.43. The lowest BCUT2D eigenvalue weighted by Crippen LogP contribution is -2.05. The van der Waals surface area contributed by atoms with Crippen LogP contribution >= 0.6 is 0 Å². The standard InChI is InChI=1S/C13H15NO2/c1-14-8-3-2-5-11-6-4-7-12(9-11)10-13(15)16/h4,6-7,9,14H,3,8,10H2,1H3,(H,15,16). The topological polar surface area (TPSA) is 49.3 Å². The Labute approximate surface area is 95.5 Å². The second kappa shape index (κ2) is 6.65. The van der Waals surface area contributed by atoms with Crippen LogP contribution in [0.5, 0.6) is 0 Å². The normalized spacial score (nSPS) is 9.31. The first-order chi connectivity index (χ1) is 7.72. The van der Waals surface area contributed by atoms with Gasteiger partial charge in [0.15, 0.2) is 0 Å². The van der Waals surface area contributed by atoms with Crippen molar-refractivity contribution in [2.24, 2.45) is 0 Å². The monoisotopic (exact) mass is 217 g/mol. The number of nitrogens with one attached hydrogen (secondary N) is 1. The van der Waals surface area contributed by atoms with E-state index in [2.05, 4.69) is 17.2 Å². The van der Waals surface area contributed by atoms with Gasteiger partial charge >= 0.3 is 5.97 Å². The highest BCUT2D eigenvalue weighted by Crippen LogP contribution is 2.04. The Morgan fingerprint density at radius 2 is 2.31 bits per heavy atom. The Morgan fingerprint density at radius 1 is 1.50 bits per heavy atom. The number of hydrogen-bond donors (Lipinski definition) is 2. The first-order valence-electron chi connectivity index (χ1n) is 5.16. The van der Waals surface area contributed by atoms with Gasteiger partial charge in [-0.3, -0.25) is 4.79 Å². The number of hydrogen-bond acceptors (Lipinski definition) is 2. The molecular weight excluding hydrogens is 202 g/mol. The first kappa shape index (κ1) is 12.3. The van der Waals surface area contributed by atoms with E-state index in [9.17, 15) is 4.79 Å². The Kier molecular flexibility index (Phi) is 5.10. The molecule has 0 aliphatic heterocycles. The van der Waals surface area contributed by atoms with E-state index in [-0.39, 0.29) is 6.42 Å². The summed E-state index contributed by atoms with van der Waals surface area (Å²) >= 11 is 0. The van der Waals surface area contributed by atoms with E-state index in [0.717, 1.165) is 24.1 Å². The minimum absolute atomic E-state index is 0.0477. The van der Waals surface area contributed by atoms with Crippen LogP contribution in [0.25, 0.3) is 0 Å². The fourth-order valence-corrected chi connectivity index (χ4v) is 1.29. The summed E-state index contributed by atoms with van der Waals surface area (Å²) in [5.41, 5.74) is 1.66. The van der Waals surface area contributed by atoms with Crippen LogP contribution in [0.3, 0.4) is 0 Å². The highest BCUT2D eigenvalue weighted by Gasteiger charge is 1.99. The maximum Gasteiger partial charge on any atom is 0.307 e. The van der Waals surface area contributed by atoms with E-state index in [4.69, 9.17) is 5.11 Å². The molecule has 0 atom stereocenters. The fourth-order valence-electron chi connectivity index (χ4n) is 1.29. The highest BCUT2D eigenvalue weighted by atomic mass is 16.4. The maximum atomic E-state index is 10.5. The number of carboxylic acids is 1. The fraction of sp³-hybridized carbons (Fsp3) is 0.308. The van der Waals surface area contributed by atoms with Gasteiger partial charge in [0.1, 0.15) is 0 Å². The van der Waals surface area contributed by atoms with Crippen molar-refractivity contribution in [2.45, 2.75) is 12.8 Å². The quantitative estimate of drug-likeness (QED) is 0.590. The molecule has 0 radical (unpaired) electrons. The van der Waals surface area contributed by atoms with Gasteiger partial charge in [-0.05, 0) is 24.7 Å². The summed E-state index contributed by atoms with van der Waals surface area (Å²) in [5, 5.41) is 11.7. The van der Waals surface area contributed by atoms with Crippen molar-refractivity contribution in [1.82, 2.24) is 5.32 Å². The molecule has 1 rings (SSSR count). The number of rotatable bonds is 4. The number of benzene rings is 1. The molecule has 0 aliphatic carbocycles. The molecular formula is C13H15NO2. The molecule has 3 heteroatoms. The van der Waals surface area contributed by atoms with Gasteiger partial charge in [-0.1, -0.05) is 24.0 Å². The molecule has 3 nitrogen and oxygen atoms in total. The summed E-state index contributed by atoms with van der Waals surface area (Å²) in [6.45, 7) is 0.863. The third kappa shape index (κ3) is 4.63. The number of carboxylic acid groups (broad SMARTS) is 1. The van der Waals surface area contributed by atoms with Crippen LogP contribution in [-0.2, 0) is 11.2 Å². The Balaban J connectivity index is 2.65. The molecule has 0 unspecified atom stereocenters. The predicted molar refractivity (Wildman–Crippen MR) is 63.2 cm³/mol. The molecule has 84 valence electrons. The molecule has 0 saturated carbocycles. The van der Waals surface area contributed by atoms with E-state index < -0.39 is 5.97 Å². The predicted octanol–water partition coefficient (Wildman–Crippen LogP) is 1.27. The lowest BCUT2D eigenvalue weighted by Gasteiger charge is -1.97. The molecule has 1 aromatic carbocycles. The summed E-state index contributed by atoms with van der Waals surface area (Å²) in [6.07, 6.45) is 0.839. The smallest absolute Gasteiger partial charge is 0.307 e. The van der Waals surface area contributed by atoms with Crippen molar-refractivity contribution in [1.29, 1.82) is 0 Å². The summed E-state index contributed by atoms with van der Waals surface area (Å²) < 4.78 is 0. The molecule has 0 aliphatic rings. The van der Waals surface area contributed by atoms with Gasteiger partial charge in [-0.25, -0.2) is 0 Å². The zero-order valence-electron chi connectivity index (χ0n) is 9.29. The van der Waals surface area contributed by atoms with E-state index in [1.54, 1.807) is 6.07 Å². The molecule has 2 N–H and O–H groups in total. The lowest BCUT2D eigenvalue weighted by molar-refractivity contribution is -0.136. The molecule has 16 heavy (non-hydrogen) atoms. The zero-order chi connectivity index (χ0) is 11.8. The van der Waals surface area contributed by atoms with Gasteiger partial charge in [-0.2, -0.15) is 0 Å². The van der Waals surface area contributed by atoms with Crippen molar-refractivity contribution >= 4 is 5.97 Å². The van der Waals surface area contributed by atoms with Gasteiger partial charge in [0.2, 0.25) is 0 Å². The largest absolute Gasteiger partial charge is 0.481 e. The minimum Gasteiger partial charge on any atom is -0.481 e. The Morgan fingerprint density at radius 3 is 3.00 bits per heavy atom. The van der Waals surface area contributed by atoms with E-state index in [1.165, 1.54) is 0 Å². The summed E-state index contributed by atoms with van der Waals surface area (Å²) in [4.78, 5) is 10.5. The first-order valence-corrected chi connectivity index (χ1v) is 5.16. The molecule has 0 saturated heterocycles. The van der Waals surface area contributed by atoms with Gasteiger partial charge in [0, 0.05) is 18.5 Å². The van der Waals surface area contributed by atoms with Crippen LogP contribution in [0.15, 0.2) is 24.3 Å². The van der Waals surface area contributed by atoms with Gasteiger partial charge in [-0.15, -0.1) is 0 Å². The molecule has 0 amide bonds. The average molecular weight is 217 g/mol. The lowest BCUT2D eigenvalue weighted by atomic mass is 10.1. The number of aliphatic carboxylic acids is 1. The van der Waals surface area contributed by atoms with Crippen LogP contribution in [0.1, 0.15) is 17.5 Å². The molecule has 0 bridgehead atoms. The number of carbonyl (C=O) groups is 1. The van der Waals surface area contributed by atoms with Crippen LogP contribution in [0.2, 0.25) is 0 Å². The van der Waals surface area contributed by atoms with Crippen LogP contribution in [0, 0.1) is 11.8 Å². The highest BCUT2D eigenvalue weighted by molar-refractivity contribution is 5.70. The van der Waals surface area contributed by atoms with Crippen molar-refractivity contribution < 1.29 is 9.90 Å². The van der Waals surface area contributed by atoms with Crippen LogP contribution in [-0.4, -0.2) is 24.7 Å². The van der Waals surface area contributed by atoms with Gasteiger partial charge < -0.3 is 10.4 Å². The van der Waals surface area contributed by atoms with Crippen molar-refractivity contribution in [2.75, 3.05) is 13.6 Å². The average Bonchev–Trinajstić information content (AvgIpc) is 2.24. The van der Waals surface area contributed by atoms with Gasteiger partial charge in [0.25, 0.3) is 0 Å². The summed E-state index contributed by atoms with van der Waals surface area (Å²) in [5.74, 6) is 5.21. The molecule has 0 spiro atoms. The maximum absolute atomic E-state index is 10.5. The van der Waals surface area contributed by atoms with Gasteiger partial charge in [0.05, 0.1) is 6.42 Å². The summed E-state index contributed by atoms with van der Waals surface area (Å²) in [6, 6.07) is 7.34. The molecule has 1 aromatic rings.